The number of tetrazole rings is 1. The van der Waals surface area contributed by atoms with Crippen molar-refractivity contribution in [3.05, 3.63) is 59.7 Å². The molecule has 1 atom stereocenters. The van der Waals surface area contributed by atoms with Crippen LogP contribution in [0.25, 0.3) is 0 Å². The number of nitrogens with zero attached hydrogens (tertiary/aromatic N) is 6. The van der Waals surface area contributed by atoms with Crippen molar-refractivity contribution in [1.82, 2.24) is 25.1 Å². The summed E-state index contributed by atoms with van der Waals surface area (Å²) in [4.78, 5) is 4.71. The summed E-state index contributed by atoms with van der Waals surface area (Å²) in [5.41, 5.74) is 2.03. The maximum Gasteiger partial charge on any atom is 0.173 e. The van der Waals surface area contributed by atoms with Gasteiger partial charge in [0.25, 0.3) is 0 Å². The lowest BCUT2D eigenvalue weighted by Gasteiger charge is -2.40. The largest absolute Gasteiger partial charge is 0.493 e. The van der Waals surface area contributed by atoms with Crippen molar-refractivity contribution in [2.45, 2.75) is 44.2 Å². The number of ether oxygens (including phenoxy) is 2. The molecule has 36 heavy (non-hydrogen) atoms. The Morgan fingerprint density at radius 1 is 0.917 bits per heavy atom. The minimum absolute atomic E-state index is 0. The molecule has 2 aromatic carbocycles. The maximum absolute atomic E-state index is 13.4. The summed E-state index contributed by atoms with van der Waals surface area (Å²) in [6.45, 7) is 3.25. The van der Waals surface area contributed by atoms with E-state index in [9.17, 15) is 4.39 Å². The van der Waals surface area contributed by atoms with Gasteiger partial charge in [0.2, 0.25) is 0 Å². The lowest BCUT2D eigenvalue weighted by molar-refractivity contribution is 0.190. The van der Waals surface area contributed by atoms with Gasteiger partial charge in [-0.3, -0.25) is 4.90 Å². The Labute approximate surface area is 217 Å². The van der Waals surface area contributed by atoms with E-state index in [0.717, 1.165) is 56.1 Å². The molecule has 1 aromatic heterocycles. The number of hydrogen-bond donors (Lipinski definition) is 0. The van der Waals surface area contributed by atoms with E-state index in [1.807, 2.05) is 24.3 Å². The zero-order chi connectivity index (χ0) is 24.2. The minimum atomic E-state index is -0.216. The first kappa shape index (κ1) is 26.2. The number of para-hydroxylation sites is 1. The van der Waals surface area contributed by atoms with E-state index in [-0.39, 0.29) is 24.3 Å². The number of anilines is 1. The van der Waals surface area contributed by atoms with Crippen LogP contribution < -0.4 is 14.4 Å². The number of halogens is 2. The summed E-state index contributed by atoms with van der Waals surface area (Å²) >= 11 is 0. The second-order valence-electron chi connectivity index (χ2n) is 9.26. The van der Waals surface area contributed by atoms with Crippen molar-refractivity contribution in [2.24, 2.45) is 0 Å². The normalized spacial score (nSPS) is 17.9. The lowest BCUT2D eigenvalue weighted by Crippen LogP contribution is -2.48. The van der Waals surface area contributed by atoms with E-state index in [4.69, 9.17) is 9.47 Å². The molecule has 0 N–H and O–H groups in total. The Morgan fingerprint density at radius 2 is 1.64 bits per heavy atom. The van der Waals surface area contributed by atoms with Crippen molar-refractivity contribution in [2.75, 3.05) is 45.3 Å². The third-order valence-corrected chi connectivity index (χ3v) is 7.28. The molecule has 2 aliphatic rings. The van der Waals surface area contributed by atoms with E-state index in [1.165, 1.54) is 31.4 Å². The molecule has 1 saturated heterocycles. The number of methoxy groups -OCH3 is 2. The fraction of sp³-hybridized carbons (Fsp3) is 0.500. The first-order chi connectivity index (χ1) is 17.2. The fourth-order valence-corrected chi connectivity index (χ4v) is 5.48. The van der Waals surface area contributed by atoms with Crippen LogP contribution in [0.2, 0.25) is 0 Å². The molecule has 0 bridgehead atoms. The summed E-state index contributed by atoms with van der Waals surface area (Å²) in [6, 6.07) is 12.9. The Bertz CT molecular complexity index is 1110. The first-order valence-electron chi connectivity index (χ1n) is 12.4. The molecule has 2 fully saturated rings. The molecule has 0 amide bonds. The van der Waals surface area contributed by atoms with Crippen LogP contribution in [0, 0.1) is 5.82 Å². The molecule has 194 valence electrons. The number of rotatable bonds is 7. The van der Waals surface area contributed by atoms with E-state index >= 15 is 0 Å². The van der Waals surface area contributed by atoms with Crippen LogP contribution in [-0.2, 0) is 0 Å². The third kappa shape index (κ3) is 5.27. The van der Waals surface area contributed by atoms with E-state index < -0.39 is 0 Å². The number of aromatic nitrogens is 4. The van der Waals surface area contributed by atoms with Gasteiger partial charge in [0, 0.05) is 37.4 Å². The molecule has 0 radical (unpaired) electrons. The summed E-state index contributed by atoms with van der Waals surface area (Å²) in [6.07, 6.45) is 5.87. The fourth-order valence-electron chi connectivity index (χ4n) is 5.48. The highest BCUT2D eigenvalue weighted by Crippen LogP contribution is 2.41. The maximum atomic E-state index is 13.4. The molecule has 3 aromatic rings. The summed E-state index contributed by atoms with van der Waals surface area (Å²) in [7, 11) is 3.33. The Morgan fingerprint density at radius 3 is 2.31 bits per heavy atom. The quantitative estimate of drug-likeness (QED) is 0.452. The molecule has 2 heterocycles. The topological polar surface area (TPSA) is 68.5 Å². The van der Waals surface area contributed by atoms with Gasteiger partial charge in [-0.15, -0.1) is 17.5 Å². The second-order valence-corrected chi connectivity index (χ2v) is 9.26. The average Bonchev–Trinajstić information content (AvgIpc) is 3.39. The van der Waals surface area contributed by atoms with Gasteiger partial charge in [0.05, 0.1) is 20.3 Å². The molecule has 1 saturated carbocycles. The van der Waals surface area contributed by atoms with Crippen LogP contribution in [0.4, 0.5) is 10.1 Å². The minimum Gasteiger partial charge on any atom is -0.493 e. The van der Waals surface area contributed by atoms with E-state index in [2.05, 4.69) is 36.1 Å². The van der Waals surface area contributed by atoms with E-state index in [0.29, 0.717) is 17.5 Å². The summed E-state index contributed by atoms with van der Waals surface area (Å²) < 4.78 is 26.9. The van der Waals surface area contributed by atoms with E-state index in [1.54, 1.807) is 14.2 Å². The lowest BCUT2D eigenvalue weighted by atomic mass is 9.94. The van der Waals surface area contributed by atoms with Gasteiger partial charge >= 0.3 is 0 Å². The van der Waals surface area contributed by atoms with Crippen molar-refractivity contribution in [1.29, 1.82) is 0 Å². The van der Waals surface area contributed by atoms with Gasteiger partial charge in [0.1, 0.15) is 11.9 Å². The molecule has 5 rings (SSSR count). The van der Waals surface area contributed by atoms with Gasteiger partial charge in [-0.05, 0) is 53.6 Å². The number of hydrogen-bond acceptors (Lipinski definition) is 7. The Hall–Kier alpha value is -2.91. The van der Waals surface area contributed by atoms with Crippen LogP contribution in [0.1, 0.15) is 55.6 Å². The zero-order valence-corrected chi connectivity index (χ0v) is 21.7. The van der Waals surface area contributed by atoms with Gasteiger partial charge in [-0.2, -0.15) is 0 Å². The van der Waals surface area contributed by atoms with Crippen molar-refractivity contribution >= 4 is 18.1 Å². The SMILES string of the molecule is COc1cccc(C(c2nnnn2C2CCCCC2)N2CCN(c3ccc(F)cc3)CC2)c1OC.Cl. The highest BCUT2D eigenvalue weighted by molar-refractivity contribution is 5.85. The van der Waals surface area contributed by atoms with Gasteiger partial charge in [0.15, 0.2) is 17.3 Å². The monoisotopic (exact) mass is 516 g/mol. The van der Waals surface area contributed by atoms with Crippen molar-refractivity contribution in [3.63, 3.8) is 0 Å². The Kier molecular flexibility index (Phi) is 8.64. The van der Waals surface area contributed by atoms with Crippen LogP contribution in [0.5, 0.6) is 11.5 Å². The average molecular weight is 517 g/mol. The molecule has 1 aliphatic heterocycles. The number of piperazine rings is 1. The molecule has 1 unspecified atom stereocenters. The predicted octanol–water partition coefficient (Wildman–Crippen LogP) is 4.67. The molecular formula is C26H34ClFN6O2. The van der Waals surface area contributed by atoms with Crippen molar-refractivity contribution < 1.29 is 13.9 Å². The van der Waals surface area contributed by atoms with Crippen LogP contribution >= 0.6 is 12.4 Å². The highest BCUT2D eigenvalue weighted by atomic mass is 35.5. The molecule has 10 heteroatoms. The van der Waals surface area contributed by atoms with Crippen molar-refractivity contribution in [3.8, 4) is 11.5 Å². The smallest absolute Gasteiger partial charge is 0.173 e. The van der Waals surface area contributed by atoms with Crippen LogP contribution in [-0.4, -0.2) is 65.5 Å². The van der Waals surface area contributed by atoms with Gasteiger partial charge in [-0.1, -0.05) is 31.4 Å². The van der Waals surface area contributed by atoms with Gasteiger partial charge < -0.3 is 14.4 Å². The highest BCUT2D eigenvalue weighted by Gasteiger charge is 2.35. The molecular weight excluding hydrogens is 483 g/mol. The summed E-state index contributed by atoms with van der Waals surface area (Å²) in [5, 5.41) is 13.2. The molecule has 8 nitrogen and oxygen atoms in total. The zero-order valence-electron chi connectivity index (χ0n) is 20.8. The second kappa shape index (κ2) is 11.9. The standard InChI is InChI=1S/C26H33FN6O2.ClH/c1-34-23-10-6-9-22(25(23)35-2)24(26-28-29-30-33(26)21-7-4-3-5-8-21)32-17-15-31(16-18-32)20-13-11-19(27)12-14-20;/h6,9-14,21,24H,3-5,7-8,15-18H2,1-2H3;1H. The van der Waals surface area contributed by atoms with Crippen LogP contribution in [0.3, 0.4) is 0 Å². The third-order valence-electron chi connectivity index (χ3n) is 7.28. The first-order valence-corrected chi connectivity index (χ1v) is 12.4. The van der Waals surface area contributed by atoms with Crippen LogP contribution in [0.15, 0.2) is 42.5 Å². The summed E-state index contributed by atoms with van der Waals surface area (Å²) in [5.74, 6) is 2.03. The molecule has 0 spiro atoms. The molecule has 1 aliphatic carbocycles. The Balaban J connectivity index is 0.00000304. The van der Waals surface area contributed by atoms with Gasteiger partial charge in [-0.25, -0.2) is 9.07 Å². The predicted molar refractivity (Wildman–Crippen MR) is 139 cm³/mol. The number of benzene rings is 2.